The van der Waals surface area contributed by atoms with Crippen molar-refractivity contribution in [2.75, 3.05) is 12.3 Å². The Kier molecular flexibility index (Phi) is 10.5. The fourth-order valence-corrected chi connectivity index (χ4v) is 4.80. The summed E-state index contributed by atoms with van der Waals surface area (Å²) < 4.78 is 14.5. The third kappa shape index (κ3) is 7.99. The minimum Gasteiger partial charge on any atom is -0.355 e. The summed E-state index contributed by atoms with van der Waals surface area (Å²) in [6, 6.07) is 20.4. The van der Waals surface area contributed by atoms with Gasteiger partial charge in [0.15, 0.2) is 0 Å². The minimum atomic E-state index is -0.782. The Bertz CT molecular complexity index is 1150. The van der Waals surface area contributed by atoms with E-state index in [0.29, 0.717) is 34.3 Å². The number of likely N-dealkylation sites (N-methyl/N-ethyl adjacent to an activating group) is 1. The highest BCUT2D eigenvalue weighted by atomic mass is 35.5. The largest absolute Gasteiger partial charge is 0.355 e. The van der Waals surface area contributed by atoms with Crippen molar-refractivity contribution >= 4 is 46.8 Å². The molecule has 0 aliphatic heterocycles. The van der Waals surface area contributed by atoms with E-state index in [1.165, 1.54) is 22.7 Å². The van der Waals surface area contributed by atoms with Gasteiger partial charge in [0, 0.05) is 30.8 Å². The van der Waals surface area contributed by atoms with E-state index in [1.807, 2.05) is 43.3 Å². The molecule has 2 amide bonds. The van der Waals surface area contributed by atoms with E-state index in [0.717, 1.165) is 11.1 Å². The molecule has 0 aliphatic carbocycles. The first-order valence-corrected chi connectivity index (χ1v) is 13.2. The number of rotatable bonds is 11. The number of carbonyl (C=O) groups excluding carboxylic acids is 2. The first kappa shape index (κ1) is 27.1. The van der Waals surface area contributed by atoms with Crippen LogP contribution in [0.15, 0.2) is 72.8 Å². The molecule has 0 unspecified atom stereocenters. The Morgan fingerprint density at radius 2 is 1.69 bits per heavy atom. The Balaban J connectivity index is 1.83. The Morgan fingerprint density at radius 1 is 0.971 bits per heavy atom. The Hall–Kier alpha value is -2.54. The predicted molar refractivity (Wildman–Crippen MR) is 142 cm³/mol. The zero-order valence-corrected chi connectivity index (χ0v) is 21.7. The summed E-state index contributed by atoms with van der Waals surface area (Å²) in [5.41, 5.74) is 2.21. The lowest BCUT2D eigenvalue weighted by Gasteiger charge is -2.31. The van der Waals surface area contributed by atoms with Crippen LogP contribution < -0.4 is 5.32 Å². The fraction of sp³-hybridized carbons (Fsp3) is 0.259. The summed E-state index contributed by atoms with van der Waals surface area (Å²) in [5.74, 6) is -0.260. The van der Waals surface area contributed by atoms with Gasteiger partial charge >= 0.3 is 0 Å². The average molecular weight is 533 g/mol. The van der Waals surface area contributed by atoms with Gasteiger partial charge in [0.1, 0.15) is 11.9 Å². The maximum Gasteiger partial charge on any atom is 0.243 e. The molecule has 0 spiro atoms. The molecule has 1 atom stereocenters. The van der Waals surface area contributed by atoms with E-state index in [-0.39, 0.29) is 24.1 Å². The second-order valence-electron chi connectivity index (χ2n) is 7.95. The third-order valence-electron chi connectivity index (χ3n) is 5.40. The van der Waals surface area contributed by atoms with Crippen LogP contribution in [0.2, 0.25) is 10.0 Å². The van der Waals surface area contributed by atoms with Crippen LogP contribution in [0, 0.1) is 5.82 Å². The summed E-state index contributed by atoms with van der Waals surface area (Å²) in [5, 5.41) is 3.76. The SMILES string of the molecule is CCNC(=O)[C@@H](Cc1ccccc1)N(Cc1ccccc1F)C(=O)CSCc1ccc(Cl)c(Cl)c1. The molecule has 0 saturated heterocycles. The lowest BCUT2D eigenvalue weighted by molar-refractivity contribution is -0.139. The second kappa shape index (κ2) is 13.5. The van der Waals surface area contributed by atoms with Crippen molar-refractivity contribution in [2.45, 2.75) is 31.7 Å². The molecule has 0 radical (unpaired) electrons. The number of nitrogens with zero attached hydrogens (tertiary/aromatic N) is 1. The Labute approximate surface area is 219 Å². The van der Waals surface area contributed by atoms with Crippen LogP contribution in [0.3, 0.4) is 0 Å². The molecule has 3 aromatic rings. The molecular weight excluding hydrogens is 506 g/mol. The maximum atomic E-state index is 14.5. The number of benzene rings is 3. The fourth-order valence-electron chi connectivity index (χ4n) is 3.62. The highest BCUT2D eigenvalue weighted by Gasteiger charge is 2.30. The average Bonchev–Trinajstić information content (AvgIpc) is 2.85. The van der Waals surface area contributed by atoms with Gasteiger partial charge in [-0.15, -0.1) is 11.8 Å². The molecule has 0 heterocycles. The van der Waals surface area contributed by atoms with Crippen molar-refractivity contribution < 1.29 is 14.0 Å². The molecule has 184 valence electrons. The predicted octanol–water partition coefficient (Wildman–Crippen LogP) is 6.14. The molecule has 8 heteroatoms. The third-order valence-corrected chi connectivity index (χ3v) is 7.13. The van der Waals surface area contributed by atoms with Gasteiger partial charge in [-0.1, -0.05) is 77.8 Å². The molecule has 0 aliphatic rings. The highest BCUT2D eigenvalue weighted by Crippen LogP contribution is 2.25. The molecule has 3 rings (SSSR count). The first-order valence-electron chi connectivity index (χ1n) is 11.2. The maximum absolute atomic E-state index is 14.5. The van der Waals surface area contributed by atoms with Crippen LogP contribution in [0.4, 0.5) is 4.39 Å². The number of amides is 2. The van der Waals surface area contributed by atoms with E-state index < -0.39 is 11.9 Å². The summed E-state index contributed by atoms with van der Waals surface area (Å²) >= 11 is 13.5. The van der Waals surface area contributed by atoms with Gasteiger partial charge in [-0.2, -0.15) is 0 Å². The van der Waals surface area contributed by atoms with E-state index in [2.05, 4.69) is 5.32 Å². The van der Waals surface area contributed by atoms with E-state index >= 15 is 0 Å². The minimum absolute atomic E-state index is 0.00647. The van der Waals surface area contributed by atoms with Gasteiger partial charge in [-0.25, -0.2) is 4.39 Å². The van der Waals surface area contributed by atoms with Crippen molar-refractivity contribution in [1.29, 1.82) is 0 Å². The zero-order chi connectivity index (χ0) is 25.2. The molecule has 3 aromatic carbocycles. The van der Waals surface area contributed by atoms with E-state index in [1.54, 1.807) is 30.3 Å². The monoisotopic (exact) mass is 532 g/mol. The smallest absolute Gasteiger partial charge is 0.243 e. The topological polar surface area (TPSA) is 49.4 Å². The van der Waals surface area contributed by atoms with Crippen molar-refractivity contribution in [3.05, 3.63) is 105 Å². The number of halogens is 3. The van der Waals surface area contributed by atoms with Crippen LogP contribution in [-0.2, 0) is 28.3 Å². The summed E-state index contributed by atoms with van der Waals surface area (Å²) in [6.45, 7) is 2.25. The number of hydrogen-bond donors (Lipinski definition) is 1. The van der Waals surface area contributed by atoms with Crippen molar-refractivity contribution in [3.63, 3.8) is 0 Å². The van der Waals surface area contributed by atoms with E-state index in [4.69, 9.17) is 23.2 Å². The van der Waals surface area contributed by atoms with Crippen molar-refractivity contribution in [1.82, 2.24) is 10.2 Å². The quantitative estimate of drug-likeness (QED) is 0.322. The molecule has 35 heavy (non-hydrogen) atoms. The molecule has 0 bridgehead atoms. The normalized spacial score (nSPS) is 11.7. The number of carbonyl (C=O) groups is 2. The van der Waals surface area contributed by atoms with Gasteiger partial charge in [-0.05, 0) is 36.2 Å². The van der Waals surface area contributed by atoms with Crippen LogP contribution in [-0.4, -0.2) is 35.1 Å². The van der Waals surface area contributed by atoms with Crippen LogP contribution in [0.5, 0.6) is 0 Å². The first-order chi connectivity index (χ1) is 16.9. The van der Waals surface area contributed by atoms with Crippen molar-refractivity contribution in [3.8, 4) is 0 Å². The van der Waals surface area contributed by atoms with Crippen molar-refractivity contribution in [2.24, 2.45) is 0 Å². The molecule has 4 nitrogen and oxygen atoms in total. The van der Waals surface area contributed by atoms with Crippen LogP contribution in [0.25, 0.3) is 0 Å². The van der Waals surface area contributed by atoms with Gasteiger partial charge in [0.25, 0.3) is 0 Å². The summed E-state index contributed by atoms with van der Waals surface area (Å²) in [7, 11) is 0. The highest BCUT2D eigenvalue weighted by molar-refractivity contribution is 7.99. The van der Waals surface area contributed by atoms with Gasteiger partial charge in [0.2, 0.25) is 11.8 Å². The standard InChI is InChI=1S/C27H27Cl2FN2O2S/c1-2-31-27(34)25(15-19-8-4-3-5-9-19)32(16-21-10-6-7-11-24(21)30)26(33)18-35-17-20-12-13-22(28)23(29)14-20/h3-14,25H,2,15-18H2,1H3,(H,31,34)/t25-/m1/s1. The van der Waals surface area contributed by atoms with Gasteiger partial charge in [0.05, 0.1) is 15.8 Å². The van der Waals surface area contributed by atoms with Gasteiger partial charge in [-0.3, -0.25) is 9.59 Å². The summed E-state index contributed by atoms with van der Waals surface area (Å²) in [6.07, 6.45) is 0.324. The number of nitrogens with one attached hydrogen (secondary N) is 1. The van der Waals surface area contributed by atoms with Crippen LogP contribution in [0.1, 0.15) is 23.6 Å². The van der Waals surface area contributed by atoms with Gasteiger partial charge < -0.3 is 10.2 Å². The molecular formula is C27H27Cl2FN2O2S. The van der Waals surface area contributed by atoms with E-state index in [9.17, 15) is 14.0 Å². The molecule has 0 aromatic heterocycles. The summed E-state index contributed by atoms with van der Waals surface area (Å²) in [4.78, 5) is 28.1. The molecule has 0 fully saturated rings. The lowest BCUT2D eigenvalue weighted by Crippen LogP contribution is -2.51. The lowest BCUT2D eigenvalue weighted by atomic mass is 10.0. The number of thioether (sulfide) groups is 1. The van der Waals surface area contributed by atoms with Crippen LogP contribution >= 0.6 is 35.0 Å². The zero-order valence-electron chi connectivity index (χ0n) is 19.3. The molecule has 1 N–H and O–H groups in total. The second-order valence-corrected chi connectivity index (χ2v) is 9.75. The number of hydrogen-bond acceptors (Lipinski definition) is 3. The Morgan fingerprint density at radius 3 is 2.37 bits per heavy atom. The molecule has 0 saturated carbocycles.